The van der Waals surface area contributed by atoms with Gasteiger partial charge in [0.25, 0.3) is 0 Å². The van der Waals surface area contributed by atoms with Crippen LogP contribution in [0.5, 0.6) is 5.75 Å². The molecule has 0 fully saturated rings. The number of hydrogen-bond acceptors (Lipinski definition) is 5. The van der Waals surface area contributed by atoms with Crippen LogP contribution in [0.25, 0.3) is 33.1 Å². The molecule has 0 unspecified atom stereocenters. The molecule has 0 aliphatic rings. The van der Waals surface area contributed by atoms with E-state index in [0.717, 1.165) is 32.3 Å². The Morgan fingerprint density at radius 2 is 1.61 bits per heavy atom. The predicted molar refractivity (Wildman–Crippen MR) is 135 cm³/mol. The maximum atomic E-state index is 12.7. The topological polar surface area (TPSA) is 64.1 Å². The number of para-hydroxylation sites is 2. The second-order valence-electron chi connectivity index (χ2n) is 7.44. The second kappa shape index (κ2) is 9.30. The number of hydrogen-bond donors (Lipinski definition) is 1. The molecular weight excluding hydrogens is 430 g/mol. The Hall–Kier alpha value is -3.90. The Kier molecular flexibility index (Phi) is 5.91. The van der Waals surface area contributed by atoms with Crippen LogP contribution in [-0.4, -0.2) is 28.7 Å². The summed E-state index contributed by atoms with van der Waals surface area (Å²) in [6.45, 7) is 0. The lowest BCUT2D eigenvalue weighted by Gasteiger charge is -2.12. The van der Waals surface area contributed by atoms with Crippen LogP contribution in [0.2, 0.25) is 0 Å². The molecule has 0 radical (unpaired) electrons. The molecule has 6 heteroatoms. The average Bonchev–Trinajstić information content (AvgIpc) is 2.87. The molecule has 0 bridgehead atoms. The summed E-state index contributed by atoms with van der Waals surface area (Å²) in [4.78, 5) is 22.5. The van der Waals surface area contributed by atoms with Gasteiger partial charge in [0.2, 0.25) is 5.91 Å². The fraction of sp³-hybridized carbons (Fsp3) is 0.0741. The van der Waals surface area contributed by atoms with E-state index in [-0.39, 0.29) is 11.7 Å². The van der Waals surface area contributed by atoms with Gasteiger partial charge in [-0.3, -0.25) is 4.79 Å². The van der Waals surface area contributed by atoms with Crippen molar-refractivity contribution in [3.8, 4) is 17.1 Å². The van der Waals surface area contributed by atoms with Gasteiger partial charge in [-0.15, -0.1) is 0 Å². The number of fused-ring (bicyclic) bond motifs is 3. The lowest BCUT2D eigenvalue weighted by Crippen LogP contribution is -2.14. The van der Waals surface area contributed by atoms with E-state index in [1.54, 1.807) is 7.11 Å². The number of carbonyl (C=O) groups excluding carboxylic acids is 1. The molecule has 0 saturated carbocycles. The Morgan fingerprint density at radius 1 is 0.848 bits per heavy atom. The number of methoxy groups -OCH3 is 1. The number of benzene rings is 4. The first-order valence-corrected chi connectivity index (χ1v) is 11.5. The molecule has 0 spiro atoms. The number of carbonyl (C=O) groups is 1. The maximum Gasteiger partial charge on any atom is 0.234 e. The van der Waals surface area contributed by atoms with Crippen molar-refractivity contribution in [3.63, 3.8) is 0 Å². The lowest BCUT2D eigenvalue weighted by atomic mass is 10.1. The largest absolute Gasteiger partial charge is 0.495 e. The summed E-state index contributed by atoms with van der Waals surface area (Å²) in [6, 6.07) is 29.6. The number of nitrogens with one attached hydrogen (secondary N) is 1. The third-order valence-corrected chi connectivity index (χ3v) is 6.30. The van der Waals surface area contributed by atoms with Gasteiger partial charge >= 0.3 is 0 Å². The number of nitrogens with zero attached hydrogens (tertiary/aromatic N) is 2. The zero-order chi connectivity index (χ0) is 22.6. The zero-order valence-corrected chi connectivity index (χ0v) is 18.8. The number of anilines is 1. The van der Waals surface area contributed by atoms with Crippen LogP contribution >= 0.6 is 11.8 Å². The fourth-order valence-corrected chi connectivity index (χ4v) is 4.54. The highest BCUT2D eigenvalue weighted by atomic mass is 32.2. The van der Waals surface area contributed by atoms with Gasteiger partial charge in [0, 0.05) is 16.3 Å². The molecule has 0 atom stereocenters. The van der Waals surface area contributed by atoms with Crippen molar-refractivity contribution in [2.24, 2.45) is 0 Å². The Morgan fingerprint density at radius 3 is 2.45 bits per heavy atom. The molecule has 162 valence electrons. The van der Waals surface area contributed by atoms with Gasteiger partial charge in [0.05, 0.1) is 24.1 Å². The number of aromatic nitrogens is 2. The summed E-state index contributed by atoms with van der Waals surface area (Å²) in [5.41, 5.74) is 2.47. The van der Waals surface area contributed by atoms with E-state index in [0.29, 0.717) is 17.3 Å². The van der Waals surface area contributed by atoms with Crippen molar-refractivity contribution in [3.05, 3.63) is 91.0 Å². The molecule has 1 aromatic heterocycles. The van der Waals surface area contributed by atoms with E-state index in [1.165, 1.54) is 11.8 Å². The van der Waals surface area contributed by atoms with Crippen LogP contribution < -0.4 is 10.1 Å². The van der Waals surface area contributed by atoms with E-state index in [1.807, 2.05) is 72.8 Å². The molecule has 5 aromatic rings. The van der Waals surface area contributed by atoms with E-state index < -0.39 is 0 Å². The summed E-state index contributed by atoms with van der Waals surface area (Å²) in [6.07, 6.45) is 0. The van der Waals surface area contributed by atoms with Gasteiger partial charge in [-0.25, -0.2) is 9.97 Å². The SMILES string of the molecule is COc1ccccc1NC(=O)CSc1nc(-c2ccccc2)nc2c1ccc1ccccc12. The highest BCUT2D eigenvalue weighted by Crippen LogP contribution is 2.33. The normalized spacial score (nSPS) is 10.9. The van der Waals surface area contributed by atoms with E-state index in [4.69, 9.17) is 14.7 Å². The van der Waals surface area contributed by atoms with Crippen LogP contribution in [0.15, 0.2) is 96.0 Å². The standard InChI is InChI=1S/C27H21N3O2S/c1-32-23-14-8-7-13-22(23)28-24(31)17-33-27-21-16-15-18-9-5-6-12-20(18)25(21)29-26(30-27)19-10-3-2-4-11-19/h2-16H,17H2,1H3,(H,28,31). The van der Waals surface area contributed by atoms with Gasteiger partial charge < -0.3 is 10.1 Å². The summed E-state index contributed by atoms with van der Waals surface area (Å²) >= 11 is 1.40. The molecule has 1 N–H and O–H groups in total. The van der Waals surface area contributed by atoms with E-state index >= 15 is 0 Å². The number of amides is 1. The van der Waals surface area contributed by atoms with Crippen molar-refractivity contribution < 1.29 is 9.53 Å². The monoisotopic (exact) mass is 451 g/mol. The van der Waals surface area contributed by atoms with E-state index in [9.17, 15) is 4.79 Å². The van der Waals surface area contributed by atoms with Gasteiger partial charge in [0.1, 0.15) is 10.8 Å². The van der Waals surface area contributed by atoms with Crippen molar-refractivity contribution in [1.82, 2.24) is 9.97 Å². The van der Waals surface area contributed by atoms with Crippen LogP contribution in [0.1, 0.15) is 0 Å². The quantitative estimate of drug-likeness (QED) is 0.189. The van der Waals surface area contributed by atoms with Crippen molar-refractivity contribution in [2.75, 3.05) is 18.2 Å². The van der Waals surface area contributed by atoms with Gasteiger partial charge in [-0.2, -0.15) is 0 Å². The first-order valence-electron chi connectivity index (χ1n) is 10.5. The smallest absolute Gasteiger partial charge is 0.234 e. The highest BCUT2D eigenvalue weighted by molar-refractivity contribution is 8.00. The van der Waals surface area contributed by atoms with E-state index in [2.05, 4.69) is 23.5 Å². The number of rotatable bonds is 6. The van der Waals surface area contributed by atoms with Crippen molar-refractivity contribution in [2.45, 2.75) is 5.03 Å². The summed E-state index contributed by atoms with van der Waals surface area (Å²) < 4.78 is 5.33. The molecule has 1 heterocycles. The second-order valence-corrected chi connectivity index (χ2v) is 8.40. The predicted octanol–water partition coefficient (Wildman–Crippen LogP) is 6.19. The summed E-state index contributed by atoms with van der Waals surface area (Å²) in [5, 5.41) is 6.82. The highest BCUT2D eigenvalue weighted by Gasteiger charge is 2.15. The van der Waals surface area contributed by atoms with Gasteiger partial charge in [0.15, 0.2) is 5.82 Å². The molecule has 5 rings (SSSR count). The van der Waals surface area contributed by atoms with Crippen LogP contribution in [0.3, 0.4) is 0 Å². The van der Waals surface area contributed by atoms with Gasteiger partial charge in [-0.05, 0) is 23.6 Å². The van der Waals surface area contributed by atoms with Crippen LogP contribution in [-0.2, 0) is 4.79 Å². The molecule has 5 nitrogen and oxygen atoms in total. The minimum Gasteiger partial charge on any atom is -0.495 e. The zero-order valence-electron chi connectivity index (χ0n) is 18.0. The molecule has 33 heavy (non-hydrogen) atoms. The molecule has 0 aliphatic heterocycles. The van der Waals surface area contributed by atoms with Gasteiger partial charge in [-0.1, -0.05) is 84.6 Å². The fourth-order valence-electron chi connectivity index (χ4n) is 3.73. The average molecular weight is 452 g/mol. The maximum absolute atomic E-state index is 12.7. The number of thioether (sulfide) groups is 1. The molecule has 4 aromatic carbocycles. The Bertz CT molecular complexity index is 1450. The summed E-state index contributed by atoms with van der Waals surface area (Å²) in [5.74, 6) is 1.36. The molecule has 1 amide bonds. The lowest BCUT2D eigenvalue weighted by molar-refractivity contribution is -0.113. The van der Waals surface area contributed by atoms with Crippen molar-refractivity contribution in [1.29, 1.82) is 0 Å². The molecule has 0 aliphatic carbocycles. The molecular formula is C27H21N3O2S. The third-order valence-electron chi connectivity index (χ3n) is 5.31. The summed E-state index contributed by atoms with van der Waals surface area (Å²) in [7, 11) is 1.59. The van der Waals surface area contributed by atoms with Crippen molar-refractivity contribution >= 4 is 45.0 Å². The first kappa shape index (κ1) is 21.0. The minimum atomic E-state index is -0.127. The molecule has 0 saturated heterocycles. The van der Waals surface area contributed by atoms with Crippen LogP contribution in [0.4, 0.5) is 5.69 Å². The third kappa shape index (κ3) is 4.38. The first-order chi connectivity index (χ1) is 16.2. The Balaban J connectivity index is 1.51. The minimum absolute atomic E-state index is 0.127. The Labute approximate surface area is 195 Å². The van der Waals surface area contributed by atoms with Crippen LogP contribution in [0, 0.1) is 0 Å². The number of ether oxygens (including phenoxy) is 1.